The van der Waals surface area contributed by atoms with Crippen LogP contribution in [0.15, 0.2) is 42.5 Å². The first-order chi connectivity index (χ1) is 15.3. The van der Waals surface area contributed by atoms with Gasteiger partial charge in [0.25, 0.3) is 0 Å². The molecule has 0 spiro atoms. The van der Waals surface area contributed by atoms with Gasteiger partial charge in [0.05, 0.1) is 18.8 Å². The van der Waals surface area contributed by atoms with E-state index in [4.69, 9.17) is 21.1 Å². The molecular formula is C22H24ClNO8. The fourth-order valence-corrected chi connectivity index (χ4v) is 4.26. The quantitative estimate of drug-likeness (QED) is 0.375. The van der Waals surface area contributed by atoms with Crippen LogP contribution < -0.4 is 10.1 Å². The number of ether oxygens (including phenoxy) is 2. The summed E-state index contributed by atoms with van der Waals surface area (Å²) in [5.74, 6) is -0.767. The van der Waals surface area contributed by atoms with Crippen molar-refractivity contribution in [3.63, 3.8) is 0 Å². The van der Waals surface area contributed by atoms with Crippen molar-refractivity contribution in [3.05, 3.63) is 58.6 Å². The highest BCUT2D eigenvalue weighted by Crippen LogP contribution is 2.38. The Bertz CT molecular complexity index is 1000. The SMILES string of the molecule is O=C(O)C1(Cc2cc([C@@H]3O[C@H](CO)[C@@H](O)[C@H](O)[C@H]3O)ccc2Cl)CNc2ccccc2O1. The Hall–Kier alpha value is -2.40. The molecule has 2 aliphatic rings. The fourth-order valence-electron chi connectivity index (χ4n) is 4.07. The number of carboxylic acid groups (broad SMARTS) is 1. The zero-order valence-corrected chi connectivity index (χ0v) is 17.6. The summed E-state index contributed by atoms with van der Waals surface area (Å²) in [6.07, 6.45) is -6.69. The lowest BCUT2D eigenvalue weighted by molar-refractivity contribution is -0.231. The average Bonchev–Trinajstić information content (AvgIpc) is 2.79. The second kappa shape index (κ2) is 8.86. The maximum absolute atomic E-state index is 12.2. The van der Waals surface area contributed by atoms with Gasteiger partial charge >= 0.3 is 5.97 Å². The van der Waals surface area contributed by atoms with Crippen LogP contribution in [-0.2, 0) is 16.0 Å². The van der Waals surface area contributed by atoms with Crippen molar-refractivity contribution < 1.29 is 39.8 Å². The number of aliphatic carboxylic acids is 1. The lowest BCUT2D eigenvalue weighted by atomic mass is 9.88. The molecule has 0 radical (unpaired) electrons. The van der Waals surface area contributed by atoms with Gasteiger partial charge in [0.2, 0.25) is 5.60 Å². The van der Waals surface area contributed by atoms with Gasteiger partial charge in [0.1, 0.15) is 36.3 Å². The lowest BCUT2D eigenvalue weighted by Gasteiger charge is -2.40. The number of anilines is 1. The molecule has 172 valence electrons. The number of benzene rings is 2. The van der Waals surface area contributed by atoms with Crippen molar-refractivity contribution in [2.75, 3.05) is 18.5 Å². The molecule has 32 heavy (non-hydrogen) atoms. The Kier molecular flexibility index (Phi) is 6.30. The molecule has 1 unspecified atom stereocenters. The van der Waals surface area contributed by atoms with Gasteiger partial charge in [0.15, 0.2) is 0 Å². The number of aliphatic hydroxyl groups excluding tert-OH is 4. The van der Waals surface area contributed by atoms with Crippen molar-refractivity contribution in [3.8, 4) is 5.75 Å². The van der Waals surface area contributed by atoms with Crippen LogP contribution >= 0.6 is 11.6 Å². The van der Waals surface area contributed by atoms with E-state index in [1.807, 2.05) is 6.07 Å². The Morgan fingerprint density at radius 2 is 1.88 bits per heavy atom. The molecule has 10 heteroatoms. The highest BCUT2D eigenvalue weighted by molar-refractivity contribution is 6.31. The molecule has 2 aliphatic heterocycles. The summed E-state index contributed by atoms with van der Waals surface area (Å²) in [7, 11) is 0. The van der Waals surface area contributed by atoms with Gasteiger partial charge in [-0.25, -0.2) is 4.79 Å². The summed E-state index contributed by atoms with van der Waals surface area (Å²) in [4.78, 5) is 12.2. The average molecular weight is 466 g/mol. The smallest absolute Gasteiger partial charge is 0.350 e. The van der Waals surface area contributed by atoms with E-state index in [1.54, 1.807) is 30.3 Å². The summed E-state index contributed by atoms with van der Waals surface area (Å²) < 4.78 is 11.5. The second-order valence-electron chi connectivity index (χ2n) is 8.03. The van der Waals surface area contributed by atoms with Crippen LogP contribution in [0, 0.1) is 0 Å². The van der Waals surface area contributed by atoms with Crippen molar-refractivity contribution in [1.29, 1.82) is 0 Å². The minimum atomic E-state index is -1.63. The summed E-state index contributed by atoms with van der Waals surface area (Å²) in [5.41, 5.74) is -0.104. The van der Waals surface area contributed by atoms with E-state index in [-0.39, 0.29) is 13.0 Å². The molecule has 2 aromatic carbocycles. The number of halogens is 1. The van der Waals surface area contributed by atoms with E-state index in [1.165, 1.54) is 6.07 Å². The van der Waals surface area contributed by atoms with Gasteiger partial charge < -0.3 is 40.3 Å². The second-order valence-corrected chi connectivity index (χ2v) is 8.44. The number of carbonyl (C=O) groups is 1. The van der Waals surface area contributed by atoms with E-state index in [0.29, 0.717) is 27.6 Å². The van der Waals surface area contributed by atoms with Gasteiger partial charge in [-0.2, -0.15) is 0 Å². The Labute approximate surface area is 188 Å². The van der Waals surface area contributed by atoms with E-state index < -0.39 is 48.7 Å². The number of rotatable bonds is 5. The number of para-hydroxylation sites is 2. The summed E-state index contributed by atoms with van der Waals surface area (Å²) >= 11 is 6.36. The molecule has 6 atom stereocenters. The molecule has 9 nitrogen and oxygen atoms in total. The van der Waals surface area contributed by atoms with Crippen LogP contribution in [0.1, 0.15) is 17.2 Å². The summed E-state index contributed by atoms with van der Waals surface area (Å²) in [5, 5.41) is 53.3. The third-order valence-electron chi connectivity index (χ3n) is 5.91. The van der Waals surface area contributed by atoms with E-state index >= 15 is 0 Å². The van der Waals surface area contributed by atoms with Crippen molar-refractivity contribution >= 4 is 23.3 Å². The monoisotopic (exact) mass is 465 g/mol. The van der Waals surface area contributed by atoms with E-state index in [2.05, 4.69) is 5.32 Å². The number of carboxylic acids is 1. The van der Waals surface area contributed by atoms with Crippen LogP contribution in [0.5, 0.6) is 5.75 Å². The zero-order chi connectivity index (χ0) is 23.0. The zero-order valence-electron chi connectivity index (χ0n) is 16.9. The topological polar surface area (TPSA) is 149 Å². The van der Waals surface area contributed by atoms with Gasteiger partial charge in [-0.1, -0.05) is 35.9 Å². The fraction of sp³-hybridized carbons (Fsp3) is 0.409. The molecule has 0 aromatic heterocycles. The third kappa shape index (κ3) is 4.03. The third-order valence-corrected chi connectivity index (χ3v) is 6.28. The molecular weight excluding hydrogens is 442 g/mol. The van der Waals surface area contributed by atoms with Crippen LogP contribution in [0.4, 0.5) is 5.69 Å². The molecule has 0 saturated carbocycles. The molecule has 2 aromatic rings. The van der Waals surface area contributed by atoms with Gasteiger partial charge in [-0.05, 0) is 29.3 Å². The Morgan fingerprint density at radius 1 is 1.12 bits per heavy atom. The molecule has 4 rings (SSSR count). The summed E-state index contributed by atoms with van der Waals surface area (Å²) in [6.45, 7) is -0.553. The van der Waals surface area contributed by atoms with Gasteiger partial charge in [0, 0.05) is 11.4 Å². The first-order valence-corrected chi connectivity index (χ1v) is 10.5. The maximum atomic E-state index is 12.2. The molecule has 0 bridgehead atoms. The largest absolute Gasteiger partial charge is 0.478 e. The number of nitrogens with one attached hydrogen (secondary N) is 1. The first kappa shape index (κ1) is 22.8. The number of hydrogen-bond donors (Lipinski definition) is 6. The predicted octanol–water partition coefficient (Wildman–Crippen LogP) is 0.725. The summed E-state index contributed by atoms with van der Waals surface area (Å²) in [6, 6.07) is 11.7. The molecule has 0 aliphatic carbocycles. The maximum Gasteiger partial charge on any atom is 0.350 e. The van der Waals surface area contributed by atoms with Crippen LogP contribution in [-0.4, -0.2) is 74.7 Å². The molecule has 6 N–H and O–H groups in total. The minimum absolute atomic E-state index is 0.0000499. The standard InChI is InChI=1S/C22H24ClNO8/c23-13-6-5-11(20-19(28)18(27)17(26)16(9-25)31-20)7-12(13)8-22(21(29)30)10-24-14-3-1-2-4-15(14)32-22/h1-7,16-20,24-28H,8-10H2,(H,29,30)/t16-,17-,18+,19-,20+,22?/m1/s1. The number of fused-ring (bicyclic) bond motifs is 1. The van der Waals surface area contributed by atoms with Crippen molar-refractivity contribution in [2.24, 2.45) is 0 Å². The molecule has 2 heterocycles. The lowest BCUT2D eigenvalue weighted by Crippen LogP contribution is -2.55. The highest BCUT2D eigenvalue weighted by atomic mass is 35.5. The van der Waals surface area contributed by atoms with Crippen LogP contribution in [0.2, 0.25) is 5.02 Å². The van der Waals surface area contributed by atoms with Crippen LogP contribution in [0.3, 0.4) is 0 Å². The van der Waals surface area contributed by atoms with Gasteiger partial charge in [-0.3, -0.25) is 0 Å². The van der Waals surface area contributed by atoms with Crippen molar-refractivity contribution in [1.82, 2.24) is 0 Å². The molecule has 0 amide bonds. The van der Waals surface area contributed by atoms with Crippen molar-refractivity contribution in [2.45, 2.75) is 42.5 Å². The number of aliphatic hydroxyl groups is 4. The molecule has 1 fully saturated rings. The van der Waals surface area contributed by atoms with Gasteiger partial charge in [-0.15, -0.1) is 0 Å². The Morgan fingerprint density at radius 3 is 2.59 bits per heavy atom. The minimum Gasteiger partial charge on any atom is -0.478 e. The van der Waals surface area contributed by atoms with Crippen LogP contribution in [0.25, 0.3) is 0 Å². The van der Waals surface area contributed by atoms with E-state index in [0.717, 1.165) is 0 Å². The number of hydrogen-bond acceptors (Lipinski definition) is 8. The first-order valence-electron chi connectivity index (χ1n) is 10.1. The molecule has 1 saturated heterocycles. The Balaban J connectivity index is 1.65. The predicted molar refractivity (Wildman–Crippen MR) is 114 cm³/mol. The highest BCUT2D eigenvalue weighted by Gasteiger charge is 2.46. The normalized spacial score (nSPS) is 31.8. The van der Waals surface area contributed by atoms with E-state index in [9.17, 15) is 30.3 Å².